The molecule has 2 amide bonds. The minimum Gasteiger partial charge on any atom is -0.355 e. The van der Waals surface area contributed by atoms with E-state index in [-0.39, 0.29) is 11.5 Å². The predicted octanol–water partition coefficient (Wildman–Crippen LogP) is 1.51. The van der Waals surface area contributed by atoms with Crippen LogP contribution in [0.3, 0.4) is 0 Å². The van der Waals surface area contributed by atoms with Gasteiger partial charge in [-0.05, 0) is 35.8 Å². The van der Waals surface area contributed by atoms with E-state index in [1.807, 2.05) is 12.1 Å². The molecule has 6 heteroatoms. The number of aromatic nitrogens is 1. The van der Waals surface area contributed by atoms with Crippen molar-refractivity contribution in [3.05, 3.63) is 45.2 Å². The van der Waals surface area contributed by atoms with Crippen LogP contribution in [0.25, 0.3) is 10.9 Å². The molecule has 0 unspecified atom stereocenters. The lowest BCUT2D eigenvalue weighted by molar-refractivity contribution is 0.0955. The van der Waals surface area contributed by atoms with Gasteiger partial charge in [0.15, 0.2) is 0 Å². The fourth-order valence-corrected chi connectivity index (χ4v) is 3.02. The van der Waals surface area contributed by atoms with Gasteiger partial charge in [0.25, 0.3) is 17.4 Å². The van der Waals surface area contributed by atoms with E-state index in [0.717, 1.165) is 24.8 Å². The summed E-state index contributed by atoms with van der Waals surface area (Å²) in [5.41, 5.74) is 1.51. The highest BCUT2D eigenvalue weighted by Crippen LogP contribution is 2.39. The fraction of sp³-hybridized carbons (Fsp3) is 0.353. The first-order chi connectivity index (χ1) is 11.1. The number of carbonyl (C=O) groups is 2. The Morgan fingerprint density at radius 2 is 1.83 bits per heavy atom. The Kier molecular flexibility index (Phi) is 3.90. The van der Waals surface area contributed by atoms with Gasteiger partial charge in [0.05, 0.1) is 11.1 Å². The first-order valence-corrected chi connectivity index (χ1v) is 7.71. The summed E-state index contributed by atoms with van der Waals surface area (Å²) in [6.45, 7) is 0. The van der Waals surface area contributed by atoms with Gasteiger partial charge in [-0.1, -0.05) is 18.6 Å². The number of hydrogen-bond donors (Lipinski definition) is 3. The zero-order chi connectivity index (χ0) is 16.6. The van der Waals surface area contributed by atoms with Gasteiger partial charge >= 0.3 is 0 Å². The Hall–Kier alpha value is -2.63. The first-order valence-electron chi connectivity index (χ1n) is 7.71. The highest BCUT2D eigenvalue weighted by atomic mass is 16.2. The lowest BCUT2D eigenvalue weighted by Gasteiger charge is -2.28. The quantitative estimate of drug-likeness (QED) is 0.802. The van der Waals surface area contributed by atoms with Gasteiger partial charge in [0, 0.05) is 14.1 Å². The smallest absolute Gasteiger partial charge is 0.261 e. The summed E-state index contributed by atoms with van der Waals surface area (Å²) >= 11 is 0. The van der Waals surface area contributed by atoms with Crippen LogP contribution in [0, 0.1) is 0 Å². The third-order valence-electron chi connectivity index (χ3n) is 4.52. The van der Waals surface area contributed by atoms with Gasteiger partial charge in [-0.3, -0.25) is 14.4 Å². The number of nitrogens with one attached hydrogen (secondary N) is 3. The molecule has 1 aliphatic carbocycles. The van der Waals surface area contributed by atoms with Crippen LogP contribution in [0.1, 0.15) is 51.5 Å². The number of fused-ring (bicyclic) bond motifs is 1. The monoisotopic (exact) mass is 313 g/mol. The molecule has 1 saturated carbocycles. The number of carbonyl (C=O) groups excluding carboxylic acids is 2. The predicted molar refractivity (Wildman–Crippen MR) is 87.9 cm³/mol. The molecule has 1 aromatic carbocycles. The Morgan fingerprint density at radius 1 is 1.13 bits per heavy atom. The van der Waals surface area contributed by atoms with Crippen LogP contribution in [0.5, 0.6) is 0 Å². The number of rotatable bonds is 3. The number of amides is 2. The lowest BCUT2D eigenvalue weighted by atomic mass is 9.77. The highest BCUT2D eigenvalue weighted by molar-refractivity contribution is 6.08. The van der Waals surface area contributed by atoms with Crippen LogP contribution >= 0.6 is 0 Å². The summed E-state index contributed by atoms with van der Waals surface area (Å²) < 4.78 is 0. The van der Waals surface area contributed by atoms with Gasteiger partial charge in [0.2, 0.25) is 0 Å². The van der Waals surface area contributed by atoms with E-state index in [9.17, 15) is 14.4 Å². The second kappa shape index (κ2) is 5.87. The minimum absolute atomic E-state index is 0.0410. The number of hydrogen-bond acceptors (Lipinski definition) is 3. The van der Waals surface area contributed by atoms with Crippen molar-refractivity contribution in [2.75, 3.05) is 14.1 Å². The largest absolute Gasteiger partial charge is 0.355 e. The fourth-order valence-electron chi connectivity index (χ4n) is 3.02. The molecular formula is C17H19N3O3. The van der Waals surface area contributed by atoms with Crippen molar-refractivity contribution in [2.24, 2.45) is 0 Å². The van der Waals surface area contributed by atoms with Crippen molar-refractivity contribution in [2.45, 2.75) is 25.2 Å². The Balaban J connectivity index is 2.27. The van der Waals surface area contributed by atoms with Crippen molar-refractivity contribution < 1.29 is 9.59 Å². The maximum atomic E-state index is 12.4. The first kappa shape index (κ1) is 15.3. The zero-order valence-corrected chi connectivity index (χ0v) is 13.2. The summed E-state index contributed by atoms with van der Waals surface area (Å²) in [5.74, 6) is -0.313. The van der Waals surface area contributed by atoms with Crippen molar-refractivity contribution in [3.63, 3.8) is 0 Å². The van der Waals surface area contributed by atoms with Crippen LogP contribution < -0.4 is 16.2 Å². The average molecular weight is 313 g/mol. The topological polar surface area (TPSA) is 91.1 Å². The zero-order valence-electron chi connectivity index (χ0n) is 13.2. The molecule has 120 valence electrons. The van der Waals surface area contributed by atoms with Crippen LogP contribution in [0.15, 0.2) is 23.0 Å². The van der Waals surface area contributed by atoms with Crippen molar-refractivity contribution in [1.82, 2.24) is 15.6 Å². The summed E-state index contributed by atoms with van der Waals surface area (Å²) in [7, 11) is 3.05. The van der Waals surface area contributed by atoms with Gasteiger partial charge in [-0.2, -0.15) is 0 Å². The molecule has 0 aliphatic heterocycles. The molecule has 3 rings (SSSR count). The molecule has 0 spiro atoms. The van der Waals surface area contributed by atoms with E-state index in [4.69, 9.17) is 0 Å². The van der Waals surface area contributed by atoms with Gasteiger partial charge in [0.1, 0.15) is 5.56 Å². The van der Waals surface area contributed by atoms with Crippen LogP contribution in [0.2, 0.25) is 0 Å². The Bertz CT molecular complexity index is 850. The van der Waals surface area contributed by atoms with Crippen molar-refractivity contribution >= 4 is 22.7 Å². The Labute approximate surface area is 133 Å². The molecule has 0 radical (unpaired) electrons. The molecule has 3 N–H and O–H groups in total. The van der Waals surface area contributed by atoms with E-state index >= 15 is 0 Å². The molecule has 1 fully saturated rings. The molecule has 0 saturated heterocycles. The van der Waals surface area contributed by atoms with Crippen LogP contribution in [-0.4, -0.2) is 30.9 Å². The van der Waals surface area contributed by atoms with Crippen LogP contribution in [0.4, 0.5) is 0 Å². The van der Waals surface area contributed by atoms with E-state index in [1.165, 1.54) is 13.1 Å². The molecule has 2 aromatic rings. The van der Waals surface area contributed by atoms with Gasteiger partial charge < -0.3 is 15.6 Å². The normalized spacial score (nSPS) is 14.3. The molecule has 0 atom stereocenters. The van der Waals surface area contributed by atoms with E-state index < -0.39 is 11.5 Å². The number of H-pyrrole nitrogens is 1. The van der Waals surface area contributed by atoms with E-state index in [0.29, 0.717) is 22.4 Å². The van der Waals surface area contributed by atoms with Gasteiger partial charge in [-0.25, -0.2) is 0 Å². The SMILES string of the molecule is CNC(=O)c1cc2ccc(C3CCC3)c(C(=O)NC)c2[nH]c1=O. The third-order valence-corrected chi connectivity index (χ3v) is 4.52. The summed E-state index contributed by atoms with van der Waals surface area (Å²) in [4.78, 5) is 39.1. The minimum atomic E-state index is -0.493. The maximum Gasteiger partial charge on any atom is 0.261 e. The summed E-state index contributed by atoms with van der Waals surface area (Å²) in [6, 6.07) is 5.32. The standard InChI is InChI=1S/C17H19N3O3/c1-18-15(21)12-8-10-6-7-11(9-4-3-5-9)13(17(23)19-2)14(10)20-16(12)22/h6-9H,3-5H2,1-2H3,(H,18,21)(H,19,23)(H,20,22). The molecule has 23 heavy (non-hydrogen) atoms. The molecule has 1 aliphatic rings. The van der Waals surface area contributed by atoms with E-state index in [2.05, 4.69) is 15.6 Å². The highest BCUT2D eigenvalue weighted by Gasteiger charge is 2.26. The average Bonchev–Trinajstić information content (AvgIpc) is 2.51. The van der Waals surface area contributed by atoms with Gasteiger partial charge in [-0.15, -0.1) is 0 Å². The van der Waals surface area contributed by atoms with E-state index in [1.54, 1.807) is 7.05 Å². The lowest BCUT2D eigenvalue weighted by Crippen LogP contribution is -2.28. The number of aromatic amines is 1. The molecule has 6 nitrogen and oxygen atoms in total. The Morgan fingerprint density at radius 3 is 2.39 bits per heavy atom. The molecule has 0 bridgehead atoms. The maximum absolute atomic E-state index is 12.4. The molecule has 1 heterocycles. The molecule has 1 aromatic heterocycles. The van der Waals surface area contributed by atoms with Crippen molar-refractivity contribution in [1.29, 1.82) is 0 Å². The second-order valence-electron chi connectivity index (χ2n) is 5.79. The number of pyridine rings is 1. The van der Waals surface area contributed by atoms with Crippen LogP contribution in [-0.2, 0) is 0 Å². The summed E-state index contributed by atoms with van der Waals surface area (Å²) in [5, 5.41) is 5.76. The molecular weight excluding hydrogens is 294 g/mol. The number of benzene rings is 1. The summed E-state index contributed by atoms with van der Waals surface area (Å²) in [6.07, 6.45) is 3.26. The third kappa shape index (κ3) is 2.50. The second-order valence-corrected chi connectivity index (χ2v) is 5.79. The van der Waals surface area contributed by atoms with Crippen molar-refractivity contribution in [3.8, 4) is 0 Å².